The van der Waals surface area contributed by atoms with Crippen molar-refractivity contribution >= 4 is 35.0 Å². The van der Waals surface area contributed by atoms with Crippen molar-refractivity contribution in [1.29, 1.82) is 0 Å². The summed E-state index contributed by atoms with van der Waals surface area (Å²) < 4.78 is 0. The van der Waals surface area contributed by atoms with E-state index in [2.05, 4.69) is 10.6 Å². The number of hydrogen-bond donors (Lipinski definition) is 3. The molecule has 0 fully saturated rings. The molecule has 1 aromatic rings. The minimum absolute atomic E-state index is 0.0117. The Labute approximate surface area is 122 Å². The smallest absolute Gasteiger partial charge is 0.241 e. The first-order chi connectivity index (χ1) is 9.60. The molecule has 0 spiro atoms. The van der Waals surface area contributed by atoms with E-state index < -0.39 is 6.04 Å². The number of carbonyl (C=O) groups excluding carboxylic acids is 2. The molecule has 1 aliphatic rings. The zero-order chi connectivity index (χ0) is 14.5. The summed E-state index contributed by atoms with van der Waals surface area (Å²) in [6.45, 7) is 0. The molecule has 0 aromatic heterocycles. The van der Waals surface area contributed by atoms with Crippen LogP contribution in [0.2, 0.25) is 0 Å². The second kappa shape index (κ2) is 6.76. The molecule has 1 heterocycles. The number of amides is 2. The highest BCUT2D eigenvalue weighted by Crippen LogP contribution is 2.25. The Bertz CT molecular complexity index is 519. The van der Waals surface area contributed by atoms with Crippen LogP contribution in [0.1, 0.15) is 18.4 Å². The molecule has 6 heteroatoms. The minimum Gasteiger partial charge on any atom is -0.326 e. The topological polar surface area (TPSA) is 84.2 Å². The van der Waals surface area contributed by atoms with E-state index in [-0.39, 0.29) is 11.8 Å². The molecule has 0 unspecified atom stereocenters. The van der Waals surface area contributed by atoms with Crippen molar-refractivity contribution in [2.45, 2.75) is 25.3 Å². The van der Waals surface area contributed by atoms with Gasteiger partial charge in [-0.25, -0.2) is 0 Å². The van der Waals surface area contributed by atoms with Crippen molar-refractivity contribution in [1.82, 2.24) is 0 Å². The van der Waals surface area contributed by atoms with Crippen molar-refractivity contribution in [2.75, 3.05) is 22.6 Å². The molecule has 4 N–H and O–H groups in total. The molecule has 0 radical (unpaired) electrons. The fourth-order valence-corrected chi connectivity index (χ4v) is 2.55. The van der Waals surface area contributed by atoms with Crippen LogP contribution in [0.15, 0.2) is 18.2 Å². The first-order valence-corrected chi connectivity index (χ1v) is 7.97. The lowest BCUT2D eigenvalue weighted by Gasteiger charge is -2.18. The van der Waals surface area contributed by atoms with Gasteiger partial charge < -0.3 is 16.4 Å². The summed E-state index contributed by atoms with van der Waals surface area (Å²) in [5.41, 5.74) is 8.35. The summed E-state index contributed by atoms with van der Waals surface area (Å²) in [6, 6.07) is 5.05. The van der Waals surface area contributed by atoms with Gasteiger partial charge in [0.05, 0.1) is 6.04 Å². The highest BCUT2D eigenvalue weighted by molar-refractivity contribution is 7.98. The lowest BCUT2D eigenvalue weighted by molar-refractivity contribution is -0.117. The second-order valence-corrected chi connectivity index (χ2v) is 5.78. The Hall–Kier alpha value is -1.53. The van der Waals surface area contributed by atoms with Crippen molar-refractivity contribution in [3.8, 4) is 0 Å². The van der Waals surface area contributed by atoms with Crippen LogP contribution in [0.4, 0.5) is 11.4 Å². The van der Waals surface area contributed by atoms with Crippen LogP contribution in [-0.4, -0.2) is 29.9 Å². The number of fused-ring (bicyclic) bond motifs is 1. The number of nitrogens with two attached hydrogens (primary N) is 1. The average Bonchev–Trinajstić information content (AvgIpc) is 2.44. The third-order valence-corrected chi connectivity index (χ3v) is 3.89. The highest BCUT2D eigenvalue weighted by atomic mass is 32.2. The van der Waals surface area contributed by atoms with Gasteiger partial charge in [-0.15, -0.1) is 0 Å². The van der Waals surface area contributed by atoms with Gasteiger partial charge in [-0.05, 0) is 42.5 Å². The van der Waals surface area contributed by atoms with Gasteiger partial charge in [0.25, 0.3) is 0 Å². The number of rotatable bonds is 5. The van der Waals surface area contributed by atoms with E-state index in [0.717, 1.165) is 23.4 Å². The van der Waals surface area contributed by atoms with E-state index in [9.17, 15) is 9.59 Å². The fraction of sp³-hybridized carbons (Fsp3) is 0.429. The number of nitrogens with one attached hydrogen (secondary N) is 2. The number of benzene rings is 1. The van der Waals surface area contributed by atoms with Crippen LogP contribution in [0.25, 0.3) is 0 Å². The monoisotopic (exact) mass is 293 g/mol. The SMILES string of the molecule is CSCC[C@H](N)C(=O)Nc1ccc2c(c1)NC(=O)CC2. The first-order valence-electron chi connectivity index (χ1n) is 6.58. The van der Waals surface area contributed by atoms with Crippen molar-refractivity contribution in [3.63, 3.8) is 0 Å². The normalized spacial score (nSPS) is 15.2. The van der Waals surface area contributed by atoms with Crippen molar-refractivity contribution in [3.05, 3.63) is 23.8 Å². The molecule has 20 heavy (non-hydrogen) atoms. The maximum atomic E-state index is 11.9. The van der Waals surface area contributed by atoms with Gasteiger partial charge in [0.15, 0.2) is 0 Å². The molecule has 5 nitrogen and oxygen atoms in total. The van der Waals surface area contributed by atoms with Gasteiger partial charge in [0.2, 0.25) is 11.8 Å². The number of carbonyl (C=O) groups is 2. The van der Waals surface area contributed by atoms with E-state index in [1.807, 2.05) is 18.4 Å². The molecule has 1 aromatic carbocycles. The molecular formula is C14H19N3O2S. The van der Waals surface area contributed by atoms with Crippen LogP contribution in [0.3, 0.4) is 0 Å². The first kappa shape index (κ1) is 14.9. The zero-order valence-electron chi connectivity index (χ0n) is 11.4. The minimum atomic E-state index is -0.506. The van der Waals surface area contributed by atoms with Gasteiger partial charge in [0, 0.05) is 17.8 Å². The predicted molar refractivity (Wildman–Crippen MR) is 83.0 cm³/mol. The standard InChI is InChI=1S/C14H19N3O2S/c1-20-7-6-11(15)14(19)16-10-4-2-9-3-5-13(18)17-12(9)8-10/h2,4,8,11H,3,5-7,15H2,1H3,(H,16,19)(H,17,18)/t11-/m0/s1. The summed E-state index contributed by atoms with van der Waals surface area (Å²) in [7, 11) is 0. The van der Waals surface area contributed by atoms with Crippen LogP contribution in [0.5, 0.6) is 0 Å². The number of thioether (sulfide) groups is 1. The molecule has 2 amide bonds. The van der Waals surface area contributed by atoms with Gasteiger partial charge in [0.1, 0.15) is 0 Å². The second-order valence-electron chi connectivity index (χ2n) is 4.80. The van der Waals surface area contributed by atoms with Crippen LogP contribution >= 0.6 is 11.8 Å². The Morgan fingerprint density at radius 1 is 1.50 bits per heavy atom. The molecule has 0 bridgehead atoms. The molecular weight excluding hydrogens is 274 g/mol. The Morgan fingerprint density at radius 2 is 2.30 bits per heavy atom. The number of hydrogen-bond acceptors (Lipinski definition) is 4. The fourth-order valence-electron chi connectivity index (χ4n) is 2.06. The predicted octanol–water partition coefficient (Wildman–Crippen LogP) is 1.59. The summed E-state index contributed by atoms with van der Waals surface area (Å²) in [6.07, 6.45) is 3.88. The van der Waals surface area contributed by atoms with Gasteiger partial charge in [-0.3, -0.25) is 9.59 Å². The van der Waals surface area contributed by atoms with Crippen LogP contribution < -0.4 is 16.4 Å². The molecule has 2 rings (SSSR count). The zero-order valence-corrected chi connectivity index (χ0v) is 12.3. The van der Waals surface area contributed by atoms with Crippen molar-refractivity contribution in [2.24, 2.45) is 5.73 Å². The van der Waals surface area contributed by atoms with Crippen molar-refractivity contribution < 1.29 is 9.59 Å². The van der Waals surface area contributed by atoms with E-state index in [0.29, 0.717) is 18.5 Å². The third-order valence-electron chi connectivity index (χ3n) is 3.24. The van der Waals surface area contributed by atoms with E-state index in [1.54, 1.807) is 17.8 Å². The molecule has 0 saturated carbocycles. The Kier molecular flexibility index (Phi) is 5.03. The molecule has 0 aliphatic carbocycles. The summed E-state index contributed by atoms with van der Waals surface area (Å²) >= 11 is 1.67. The maximum absolute atomic E-state index is 11.9. The number of aryl methyl sites for hydroxylation is 1. The van der Waals surface area contributed by atoms with E-state index in [4.69, 9.17) is 5.73 Å². The Morgan fingerprint density at radius 3 is 3.05 bits per heavy atom. The van der Waals surface area contributed by atoms with E-state index in [1.165, 1.54) is 0 Å². The lowest BCUT2D eigenvalue weighted by atomic mass is 10.0. The van der Waals surface area contributed by atoms with Crippen LogP contribution in [0, 0.1) is 0 Å². The highest BCUT2D eigenvalue weighted by Gasteiger charge is 2.17. The summed E-state index contributed by atoms with van der Waals surface area (Å²) in [5.74, 6) is 0.674. The van der Waals surface area contributed by atoms with Gasteiger partial charge in [-0.2, -0.15) is 11.8 Å². The Balaban J connectivity index is 2.01. The maximum Gasteiger partial charge on any atom is 0.241 e. The summed E-state index contributed by atoms with van der Waals surface area (Å²) in [5, 5.41) is 5.60. The quantitative estimate of drug-likeness (QED) is 0.769. The van der Waals surface area contributed by atoms with Gasteiger partial charge in [-0.1, -0.05) is 6.07 Å². The van der Waals surface area contributed by atoms with Gasteiger partial charge >= 0.3 is 0 Å². The lowest BCUT2D eigenvalue weighted by Crippen LogP contribution is -2.36. The molecule has 0 saturated heterocycles. The number of anilines is 2. The largest absolute Gasteiger partial charge is 0.326 e. The average molecular weight is 293 g/mol. The van der Waals surface area contributed by atoms with E-state index >= 15 is 0 Å². The molecule has 108 valence electrons. The molecule has 1 atom stereocenters. The van der Waals surface area contributed by atoms with Crippen LogP contribution in [-0.2, 0) is 16.0 Å². The third kappa shape index (κ3) is 3.74. The molecule has 1 aliphatic heterocycles. The summed E-state index contributed by atoms with van der Waals surface area (Å²) in [4.78, 5) is 23.3.